The fourth-order valence-corrected chi connectivity index (χ4v) is 7.87. The average molecular weight is 736 g/mol. The summed E-state index contributed by atoms with van der Waals surface area (Å²) in [5, 5.41) is 12.3. The van der Waals surface area contributed by atoms with E-state index >= 15 is 0 Å². The van der Waals surface area contributed by atoms with Crippen LogP contribution in [-0.2, 0) is 30.9 Å². The second-order valence-corrected chi connectivity index (χ2v) is 15.2. The Hall–Kier alpha value is -4.89. The van der Waals surface area contributed by atoms with Crippen molar-refractivity contribution in [2.24, 2.45) is 0 Å². The first-order chi connectivity index (χ1) is 24.4. The predicted molar refractivity (Wildman–Crippen MR) is 194 cm³/mol. The van der Waals surface area contributed by atoms with Crippen molar-refractivity contribution < 1.29 is 42.0 Å². The van der Waals surface area contributed by atoms with E-state index in [0.717, 1.165) is 23.4 Å². The summed E-state index contributed by atoms with van der Waals surface area (Å²) in [7, 11) is -3.14. The van der Waals surface area contributed by atoms with Gasteiger partial charge in [0.2, 0.25) is 0 Å². The van der Waals surface area contributed by atoms with Crippen molar-refractivity contribution in [2.75, 3.05) is 19.4 Å². The number of hydrogen-bond donors (Lipinski definition) is 5. The summed E-state index contributed by atoms with van der Waals surface area (Å²) in [6.45, 7) is 10.7. The molecular weight excluding hydrogens is 691 g/mol. The monoisotopic (exact) mass is 735 g/mol. The largest absolute Gasteiger partial charge is 0.481 e. The third-order valence-electron chi connectivity index (χ3n) is 10.4. The number of amides is 1. The fraction of sp³-hybridized carbons (Fsp3) is 0.459. The number of esters is 1. The highest BCUT2D eigenvalue weighted by Crippen LogP contribution is 2.43. The zero-order valence-electron chi connectivity index (χ0n) is 30.3. The molecule has 278 valence electrons. The summed E-state index contributed by atoms with van der Waals surface area (Å²) in [4.78, 5) is 68.8. The highest BCUT2D eigenvalue weighted by molar-refractivity contribution is 7.85. The van der Waals surface area contributed by atoms with Gasteiger partial charge in [0, 0.05) is 75.9 Å². The van der Waals surface area contributed by atoms with Crippen LogP contribution >= 0.6 is 0 Å². The van der Waals surface area contributed by atoms with Gasteiger partial charge in [-0.1, -0.05) is 20.8 Å². The van der Waals surface area contributed by atoms with Crippen LogP contribution in [0.5, 0.6) is 0 Å². The Balaban J connectivity index is 1.99. The number of carboxylic acids is 1. The lowest BCUT2D eigenvalue weighted by molar-refractivity contribution is -0.140. The normalized spacial score (nSPS) is 18.6. The van der Waals surface area contributed by atoms with E-state index < -0.39 is 39.6 Å². The number of H-pyrrole nitrogens is 2. The number of aryl methyl sites for hydroxylation is 2. The minimum absolute atomic E-state index is 0.0151. The molecule has 5 N–H and O–H groups in total. The summed E-state index contributed by atoms with van der Waals surface area (Å²) >= 11 is 0. The number of aromatic nitrogens is 4. The summed E-state index contributed by atoms with van der Waals surface area (Å²) in [6.07, 6.45) is 0.386. The summed E-state index contributed by atoms with van der Waals surface area (Å²) in [6, 6.07) is 5.59. The molecule has 0 aliphatic carbocycles. The van der Waals surface area contributed by atoms with Gasteiger partial charge in [0.1, 0.15) is 0 Å². The number of hydrogen-bond acceptors (Lipinski definition) is 9. The van der Waals surface area contributed by atoms with Crippen LogP contribution in [0, 0.1) is 13.8 Å². The molecule has 0 fully saturated rings. The van der Waals surface area contributed by atoms with Crippen molar-refractivity contribution >= 4 is 55.8 Å². The van der Waals surface area contributed by atoms with Crippen LogP contribution < -0.4 is 5.32 Å². The van der Waals surface area contributed by atoms with Gasteiger partial charge in [-0.25, -0.2) is 0 Å². The first-order valence-electron chi connectivity index (χ1n) is 17.2. The number of nitrogens with zero attached hydrogens (tertiary/aromatic N) is 2. The Morgan fingerprint density at radius 1 is 0.904 bits per heavy atom. The van der Waals surface area contributed by atoms with Crippen molar-refractivity contribution in [2.45, 2.75) is 90.9 Å². The predicted octanol–water partition coefficient (Wildman–Crippen LogP) is 5.52. The van der Waals surface area contributed by atoms with E-state index in [9.17, 15) is 37.3 Å². The Labute approximate surface area is 301 Å². The molecular formula is C37H45N5O9S. The van der Waals surface area contributed by atoms with Crippen LogP contribution in [0.1, 0.15) is 131 Å². The maximum Gasteiger partial charge on any atom is 0.310 e. The number of aromatic amines is 2. The molecule has 2 unspecified atom stereocenters. The van der Waals surface area contributed by atoms with Crippen molar-refractivity contribution in [3.63, 3.8) is 0 Å². The van der Waals surface area contributed by atoms with E-state index in [0.29, 0.717) is 44.6 Å². The number of ether oxygens (including phenoxy) is 1. The van der Waals surface area contributed by atoms with Crippen molar-refractivity contribution in [3.05, 3.63) is 68.8 Å². The molecule has 0 saturated heterocycles. The molecule has 52 heavy (non-hydrogen) atoms. The molecule has 3 aromatic heterocycles. The number of nitrogens with one attached hydrogen (secondary N) is 3. The van der Waals surface area contributed by atoms with Gasteiger partial charge in [-0.2, -0.15) is 8.42 Å². The van der Waals surface area contributed by atoms with E-state index in [1.54, 1.807) is 6.92 Å². The van der Waals surface area contributed by atoms with E-state index in [2.05, 4.69) is 29.1 Å². The second kappa shape index (κ2) is 15.0. The van der Waals surface area contributed by atoms with Crippen LogP contribution in [0.2, 0.25) is 0 Å². The van der Waals surface area contributed by atoms with Gasteiger partial charge >= 0.3 is 11.9 Å². The van der Waals surface area contributed by atoms with E-state index in [1.165, 1.54) is 14.0 Å². The van der Waals surface area contributed by atoms with Gasteiger partial charge in [-0.05, 0) is 62.9 Å². The first-order valence-corrected chi connectivity index (χ1v) is 18.9. The number of rotatable bonds is 11. The fourth-order valence-electron chi connectivity index (χ4n) is 7.51. The molecule has 5 heterocycles. The Morgan fingerprint density at radius 3 is 2.12 bits per heavy atom. The first kappa shape index (κ1) is 38.3. The van der Waals surface area contributed by atoms with Crippen LogP contribution in [-0.4, -0.2) is 81.0 Å². The third kappa shape index (κ3) is 7.65. The molecule has 0 saturated carbocycles. The summed E-state index contributed by atoms with van der Waals surface area (Å²) in [5.41, 5.74) is 6.67. The number of carbonyl (C=O) groups excluding carboxylic acids is 3. The second-order valence-electron chi connectivity index (χ2n) is 13.6. The van der Waals surface area contributed by atoms with Crippen molar-refractivity contribution in [1.82, 2.24) is 25.3 Å². The molecule has 0 spiro atoms. The molecule has 15 heteroatoms. The van der Waals surface area contributed by atoms with Gasteiger partial charge in [-0.15, -0.1) is 0 Å². The molecule has 5 rings (SSSR count). The molecule has 1 amide bonds. The average Bonchev–Trinajstić information content (AvgIpc) is 3.74. The van der Waals surface area contributed by atoms with E-state index in [4.69, 9.17) is 14.7 Å². The lowest BCUT2D eigenvalue weighted by atomic mass is 9.85. The number of ketones is 1. The summed E-state index contributed by atoms with van der Waals surface area (Å²) < 4.78 is 37.3. The zero-order chi connectivity index (χ0) is 38.2. The minimum atomic E-state index is -4.37. The molecule has 8 bridgehead atoms. The number of aliphatic carboxylic acids is 1. The number of Topliss-reactive ketones (excluding diaryl/α,β-unsaturated/α-hetero) is 1. The van der Waals surface area contributed by atoms with Crippen molar-refractivity contribution in [3.8, 4) is 0 Å². The molecule has 0 aromatic carbocycles. The van der Waals surface area contributed by atoms with Crippen molar-refractivity contribution in [1.29, 1.82) is 0 Å². The number of carboxylic acid groups (broad SMARTS) is 1. The van der Waals surface area contributed by atoms with E-state index in [1.807, 2.05) is 32.0 Å². The molecule has 4 atom stereocenters. The van der Waals surface area contributed by atoms with Gasteiger partial charge in [-0.3, -0.25) is 33.7 Å². The van der Waals surface area contributed by atoms with Crippen LogP contribution in [0.15, 0.2) is 18.2 Å². The Bertz CT molecular complexity index is 2240. The standard InChI is InChI=1S/C37H45N5O9S/c1-8-22-17(2)25-16-30-33(21(6)43)19(4)27(40-30)14-26-18(3)23(9-10-31(44)45)35(41-26)24(13-32(46)51-7)36-34(37(47)38-11-12-52(48,49)50)20(5)28(42-36)15-29(22)39-25/h14-18,22-23,40,42H,8-13H2,1-7H3,(H,38,47)(H,44,45)(H,48,49,50)/t17?,18-,22?,23-/m0/s1. The van der Waals surface area contributed by atoms with Gasteiger partial charge in [0.15, 0.2) is 5.78 Å². The maximum absolute atomic E-state index is 13.9. The van der Waals surface area contributed by atoms with Crippen LogP contribution in [0.3, 0.4) is 0 Å². The number of fused-ring (bicyclic) bond motifs is 8. The highest BCUT2D eigenvalue weighted by atomic mass is 32.2. The zero-order valence-corrected chi connectivity index (χ0v) is 31.2. The number of methoxy groups -OCH3 is 1. The quantitative estimate of drug-likeness (QED) is 0.0938. The lowest BCUT2D eigenvalue weighted by Crippen LogP contribution is -2.29. The third-order valence-corrected chi connectivity index (χ3v) is 11.1. The van der Waals surface area contributed by atoms with E-state index in [-0.39, 0.29) is 60.4 Å². The SMILES string of the molecule is CCC1c2cc3[nH]c(c(CC(=O)OC)c4nc(cc5[nH]c(cc(n2)C1C)c(C(C)=O)c5C)[C@@H](C)[C@@H]4CCC(=O)O)c(C(=O)NCCS(=O)(=O)O)c3C. The highest BCUT2D eigenvalue weighted by Gasteiger charge is 2.34. The molecule has 2 aliphatic rings. The minimum Gasteiger partial charge on any atom is -0.481 e. The maximum atomic E-state index is 13.9. The molecule has 14 nitrogen and oxygen atoms in total. The number of carbonyl (C=O) groups is 4. The summed E-state index contributed by atoms with van der Waals surface area (Å²) in [5.74, 6) is -4.01. The van der Waals surface area contributed by atoms with Gasteiger partial charge in [0.25, 0.3) is 16.0 Å². The Kier molecular flexibility index (Phi) is 11.1. The van der Waals surface area contributed by atoms with Gasteiger partial charge < -0.3 is 25.1 Å². The molecule has 3 aromatic rings. The smallest absolute Gasteiger partial charge is 0.310 e. The Morgan fingerprint density at radius 2 is 1.50 bits per heavy atom. The molecule has 0 radical (unpaired) electrons. The van der Waals surface area contributed by atoms with Crippen LogP contribution in [0.4, 0.5) is 0 Å². The van der Waals surface area contributed by atoms with Crippen LogP contribution in [0.25, 0.3) is 22.1 Å². The molecule has 2 aliphatic heterocycles. The lowest BCUT2D eigenvalue weighted by Gasteiger charge is -2.17. The topological polar surface area (TPSA) is 221 Å². The van der Waals surface area contributed by atoms with Gasteiger partial charge in [0.05, 0.1) is 41.6 Å².